The molecule has 6 nitrogen and oxygen atoms in total. The van der Waals surface area contributed by atoms with E-state index >= 15 is 0 Å². The number of rotatable bonds is 4. The Morgan fingerprint density at radius 3 is 2.25 bits per heavy atom. The van der Waals surface area contributed by atoms with Gasteiger partial charge in [-0.2, -0.15) is 0 Å². The second-order valence-corrected chi connectivity index (χ2v) is 14.2. The van der Waals surface area contributed by atoms with Crippen molar-refractivity contribution in [2.75, 3.05) is 0 Å². The summed E-state index contributed by atoms with van der Waals surface area (Å²) in [6, 6.07) is -0.319. The fourth-order valence-corrected chi connectivity index (χ4v) is 5.35. The van der Waals surface area contributed by atoms with Gasteiger partial charge in [0, 0.05) is 0 Å². The van der Waals surface area contributed by atoms with Crippen LogP contribution in [0, 0.1) is 17.8 Å². The summed E-state index contributed by atoms with van der Waals surface area (Å²) < 4.78 is 11.2. The van der Waals surface area contributed by atoms with Crippen LogP contribution < -0.4 is 5.32 Å². The molecule has 0 aromatic rings. The largest absolute Gasteiger partial charge is 0.413 e. The maximum absolute atomic E-state index is 12.4. The number of hydrogen-bond donors (Lipinski definition) is 1. The van der Waals surface area contributed by atoms with Crippen molar-refractivity contribution in [3.8, 4) is 0 Å². The van der Waals surface area contributed by atoms with Crippen molar-refractivity contribution in [2.24, 2.45) is 17.8 Å². The van der Waals surface area contributed by atoms with Crippen LogP contribution in [0.4, 0.5) is 0 Å². The van der Waals surface area contributed by atoms with Gasteiger partial charge in [0.1, 0.15) is 0 Å². The van der Waals surface area contributed by atoms with E-state index in [-0.39, 0.29) is 29.0 Å². The normalized spacial score (nSPS) is 31.6. The topological polar surface area (TPSA) is 81.7 Å². The maximum atomic E-state index is 12.4. The first-order valence-corrected chi connectivity index (χ1v) is 12.5. The van der Waals surface area contributed by atoms with Gasteiger partial charge in [-0.25, -0.2) is 0 Å². The van der Waals surface area contributed by atoms with Crippen LogP contribution in [0.25, 0.3) is 0 Å². The van der Waals surface area contributed by atoms with Crippen molar-refractivity contribution < 1.29 is 23.5 Å². The number of β-lactam (4-membered cyclic amide) rings is 1. The van der Waals surface area contributed by atoms with Gasteiger partial charge in [0.15, 0.2) is 8.32 Å². The first-order valence-electron chi connectivity index (χ1n) is 9.59. The Labute approximate surface area is 167 Å². The standard InChI is InChI=1S/C21H29NO5Si/c1-10-9-13(11(2)15-14(10)19(24)26-20(15)25)17-16(18(23)22-17)12(3)27-28(7,8)21(4,5)6/h9,12,14-17H,1-2H2,3-8H3,(H,22,23)/t12-,14?,15?,16-,17-/m1/s1. The molecule has 1 amide bonds. The summed E-state index contributed by atoms with van der Waals surface area (Å²) in [5, 5.41) is 2.94. The lowest BCUT2D eigenvalue weighted by molar-refractivity contribution is -0.153. The third-order valence-corrected chi connectivity index (χ3v) is 11.2. The summed E-state index contributed by atoms with van der Waals surface area (Å²) in [7, 11) is -2.05. The molecule has 0 aromatic heterocycles. The summed E-state index contributed by atoms with van der Waals surface area (Å²) in [5.41, 5.74) is 1.76. The van der Waals surface area contributed by atoms with Crippen LogP contribution in [-0.2, 0) is 23.5 Å². The van der Waals surface area contributed by atoms with E-state index in [0.717, 1.165) is 5.57 Å². The highest BCUT2D eigenvalue weighted by atomic mass is 28.4. The molecule has 0 bridgehead atoms. The van der Waals surface area contributed by atoms with Crippen LogP contribution in [0.5, 0.6) is 0 Å². The van der Waals surface area contributed by atoms with Crippen LogP contribution >= 0.6 is 0 Å². The lowest BCUT2D eigenvalue weighted by Gasteiger charge is -2.47. The number of ether oxygens (including phenoxy) is 1. The molecule has 1 N–H and O–H groups in total. The minimum Gasteiger partial charge on any atom is -0.413 e. The quantitative estimate of drug-likeness (QED) is 0.338. The van der Waals surface area contributed by atoms with Gasteiger partial charge in [-0.15, -0.1) is 0 Å². The Kier molecular flexibility index (Phi) is 4.83. The van der Waals surface area contributed by atoms with Crippen molar-refractivity contribution in [3.63, 3.8) is 0 Å². The maximum Gasteiger partial charge on any atom is 0.322 e. The second-order valence-electron chi connectivity index (χ2n) is 9.49. The number of esters is 2. The SMILES string of the molecule is C=C1C=C([C@H]2NC(=O)[C@@H]2[C@@H](C)O[Si](C)(C)C(C)(C)C)C(=C)C2C(=O)OC(=O)C12. The predicted octanol–water partition coefficient (Wildman–Crippen LogP) is 2.88. The molecule has 5 atom stereocenters. The van der Waals surface area contributed by atoms with E-state index in [2.05, 4.69) is 52.3 Å². The van der Waals surface area contributed by atoms with Crippen LogP contribution in [0.1, 0.15) is 27.7 Å². The third kappa shape index (κ3) is 3.10. The predicted molar refractivity (Wildman–Crippen MR) is 108 cm³/mol. The van der Waals surface area contributed by atoms with Gasteiger partial charge in [-0.05, 0) is 41.8 Å². The second kappa shape index (κ2) is 6.52. The van der Waals surface area contributed by atoms with Crippen molar-refractivity contribution in [2.45, 2.75) is 58.0 Å². The number of cyclic esters (lactones) is 2. The Balaban J connectivity index is 1.85. The summed E-state index contributed by atoms with van der Waals surface area (Å²) in [5.74, 6) is -3.11. The van der Waals surface area contributed by atoms with Crippen LogP contribution in [0.3, 0.4) is 0 Å². The lowest BCUT2D eigenvalue weighted by atomic mass is 9.69. The number of hydrogen-bond acceptors (Lipinski definition) is 5. The van der Waals surface area contributed by atoms with Crippen molar-refractivity contribution >= 4 is 26.2 Å². The molecule has 0 radical (unpaired) electrons. The van der Waals surface area contributed by atoms with Gasteiger partial charge in [0.25, 0.3) is 0 Å². The molecule has 2 unspecified atom stereocenters. The molecule has 3 rings (SSSR count). The smallest absolute Gasteiger partial charge is 0.322 e. The number of allylic oxidation sites excluding steroid dienone is 1. The average molecular weight is 404 g/mol. The molecular weight excluding hydrogens is 374 g/mol. The zero-order chi connectivity index (χ0) is 21.2. The molecule has 2 heterocycles. The zero-order valence-electron chi connectivity index (χ0n) is 17.4. The highest BCUT2D eigenvalue weighted by Gasteiger charge is 2.54. The molecule has 0 saturated carbocycles. The molecule has 152 valence electrons. The summed E-state index contributed by atoms with van der Waals surface area (Å²) >= 11 is 0. The number of carbonyl (C=O) groups excluding carboxylic acids is 3. The Hall–Kier alpha value is -1.99. The number of amides is 1. The Morgan fingerprint density at radius 1 is 1.14 bits per heavy atom. The molecule has 2 saturated heterocycles. The highest BCUT2D eigenvalue weighted by Crippen LogP contribution is 2.46. The van der Waals surface area contributed by atoms with Gasteiger partial charge >= 0.3 is 11.9 Å². The van der Waals surface area contributed by atoms with E-state index in [1.165, 1.54) is 0 Å². The molecule has 28 heavy (non-hydrogen) atoms. The summed E-state index contributed by atoms with van der Waals surface area (Å²) in [6.07, 6.45) is 1.48. The molecule has 1 aliphatic carbocycles. The van der Waals surface area contributed by atoms with Gasteiger partial charge < -0.3 is 14.5 Å². The molecule has 2 aliphatic heterocycles. The van der Waals surface area contributed by atoms with E-state index in [4.69, 9.17) is 9.16 Å². The zero-order valence-corrected chi connectivity index (χ0v) is 18.4. The van der Waals surface area contributed by atoms with Gasteiger partial charge in [0.05, 0.1) is 29.9 Å². The molecule has 3 aliphatic rings. The Morgan fingerprint density at radius 2 is 1.71 bits per heavy atom. The highest BCUT2D eigenvalue weighted by molar-refractivity contribution is 6.74. The fraction of sp³-hybridized carbons (Fsp3) is 0.571. The monoisotopic (exact) mass is 403 g/mol. The van der Waals surface area contributed by atoms with E-state index in [9.17, 15) is 14.4 Å². The number of fused-ring (bicyclic) bond motifs is 1. The third-order valence-electron chi connectivity index (χ3n) is 6.62. The molecule has 0 aromatic carbocycles. The average Bonchev–Trinajstić information content (AvgIpc) is 2.82. The van der Waals surface area contributed by atoms with E-state index < -0.39 is 32.1 Å². The van der Waals surface area contributed by atoms with E-state index in [0.29, 0.717) is 11.1 Å². The first kappa shape index (κ1) is 20.7. The number of carbonyl (C=O) groups is 3. The van der Waals surface area contributed by atoms with Crippen molar-refractivity contribution in [1.82, 2.24) is 5.32 Å². The van der Waals surface area contributed by atoms with Gasteiger partial charge in [0.2, 0.25) is 5.91 Å². The van der Waals surface area contributed by atoms with Crippen molar-refractivity contribution in [1.29, 1.82) is 0 Å². The molecule has 2 fully saturated rings. The molecular formula is C21H29NO5Si. The molecule has 7 heteroatoms. The minimum absolute atomic E-state index is 0.0279. The summed E-state index contributed by atoms with van der Waals surface area (Å²) in [6.45, 7) is 20.7. The van der Waals surface area contributed by atoms with Crippen LogP contribution in [0.15, 0.2) is 36.0 Å². The van der Waals surface area contributed by atoms with Crippen LogP contribution in [0.2, 0.25) is 18.1 Å². The van der Waals surface area contributed by atoms with Gasteiger partial charge in [-0.3, -0.25) is 14.4 Å². The number of nitrogens with one attached hydrogen (secondary N) is 1. The Bertz CT molecular complexity index is 819. The minimum atomic E-state index is -2.05. The van der Waals surface area contributed by atoms with E-state index in [1.807, 2.05) is 6.92 Å². The van der Waals surface area contributed by atoms with E-state index in [1.54, 1.807) is 6.08 Å². The summed E-state index contributed by atoms with van der Waals surface area (Å²) in [4.78, 5) is 36.5. The van der Waals surface area contributed by atoms with Gasteiger partial charge in [-0.1, -0.05) is 40.0 Å². The lowest BCUT2D eigenvalue weighted by Crippen LogP contribution is -2.64. The fourth-order valence-electron chi connectivity index (χ4n) is 3.92. The first-order chi connectivity index (χ1) is 12.8. The molecule has 0 spiro atoms. The van der Waals surface area contributed by atoms with Crippen molar-refractivity contribution in [3.05, 3.63) is 36.0 Å². The van der Waals surface area contributed by atoms with Crippen LogP contribution in [-0.4, -0.2) is 38.3 Å².